The van der Waals surface area contributed by atoms with E-state index in [1.165, 1.54) is 0 Å². The van der Waals surface area contributed by atoms with Crippen LogP contribution in [0.3, 0.4) is 0 Å². The van der Waals surface area contributed by atoms with Crippen LogP contribution in [0.25, 0.3) is 5.65 Å². The summed E-state index contributed by atoms with van der Waals surface area (Å²) in [6.07, 6.45) is 4.12. The Morgan fingerprint density at radius 1 is 1.26 bits per heavy atom. The lowest BCUT2D eigenvalue weighted by molar-refractivity contribution is 0.0782. The fourth-order valence-corrected chi connectivity index (χ4v) is 4.40. The summed E-state index contributed by atoms with van der Waals surface area (Å²) in [5.74, 6) is 2.77. The monoisotopic (exact) mass is 504 g/mol. The van der Waals surface area contributed by atoms with Crippen molar-refractivity contribution in [2.45, 2.75) is 38.0 Å². The van der Waals surface area contributed by atoms with Gasteiger partial charge in [0.05, 0.1) is 0 Å². The van der Waals surface area contributed by atoms with E-state index in [-0.39, 0.29) is 28.7 Å². The number of rotatable bonds is 7. The minimum atomic E-state index is 0. The Balaban J connectivity index is 0.00000261. The Kier molecular flexibility index (Phi) is 9.10. The summed E-state index contributed by atoms with van der Waals surface area (Å²) >= 11 is 2.03. The molecule has 2 aromatic rings. The Bertz CT molecular complexity index is 726. The van der Waals surface area contributed by atoms with Crippen molar-refractivity contribution in [3.05, 3.63) is 30.2 Å². The highest BCUT2D eigenvalue weighted by atomic mass is 127. The zero-order valence-electron chi connectivity index (χ0n) is 16.0. The summed E-state index contributed by atoms with van der Waals surface area (Å²) in [4.78, 5) is 4.71. The number of nitrogens with zero attached hydrogens (tertiary/aromatic N) is 4. The molecular weight excluding hydrogens is 475 g/mol. The zero-order chi connectivity index (χ0) is 18.2. The van der Waals surface area contributed by atoms with Crippen molar-refractivity contribution in [3.63, 3.8) is 0 Å². The van der Waals surface area contributed by atoms with Gasteiger partial charge in [-0.2, -0.15) is 11.8 Å². The van der Waals surface area contributed by atoms with Crippen LogP contribution in [0.1, 0.15) is 32.5 Å². The molecule has 9 heteroatoms. The summed E-state index contributed by atoms with van der Waals surface area (Å²) in [6, 6.07) is 5.88. The number of fused-ring (bicyclic) bond motifs is 1. The number of halogens is 1. The van der Waals surface area contributed by atoms with E-state index < -0.39 is 0 Å². The Hall–Kier alpha value is -1.07. The molecule has 1 aliphatic rings. The van der Waals surface area contributed by atoms with E-state index in [1.807, 2.05) is 40.6 Å². The zero-order valence-corrected chi connectivity index (χ0v) is 19.1. The second-order valence-corrected chi connectivity index (χ2v) is 8.05. The molecule has 1 aliphatic heterocycles. The number of hydrogen-bond donors (Lipinski definition) is 2. The van der Waals surface area contributed by atoms with E-state index in [4.69, 9.17) is 9.73 Å². The molecule has 3 rings (SSSR count). The van der Waals surface area contributed by atoms with E-state index >= 15 is 0 Å². The number of aromatic nitrogens is 3. The lowest BCUT2D eigenvalue weighted by Gasteiger charge is -2.37. The maximum Gasteiger partial charge on any atom is 0.191 e. The van der Waals surface area contributed by atoms with Gasteiger partial charge in [0, 0.05) is 37.2 Å². The van der Waals surface area contributed by atoms with Gasteiger partial charge in [-0.1, -0.05) is 13.0 Å². The molecule has 0 saturated carbocycles. The molecule has 7 nitrogen and oxygen atoms in total. The second-order valence-electron chi connectivity index (χ2n) is 6.32. The summed E-state index contributed by atoms with van der Waals surface area (Å²) in [5, 5.41) is 15.3. The molecule has 0 bridgehead atoms. The first-order chi connectivity index (χ1) is 12.8. The predicted molar refractivity (Wildman–Crippen MR) is 122 cm³/mol. The van der Waals surface area contributed by atoms with Crippen LogP contribution in [0, 0.1) is 0 Å². The SMILES string of the molecule is CCNC(=NCc1nnc2ccccn12)NCC1(SCC)CCOCC1.I. The van der Waals surface area contributed by atoms with Gasteiger partial charge in [0.1, 0.15) is 6.54 Å². The lowest BCUT2D eigenvalue weighted by atomic mass is 9.99. The van der Waals surface area contributed by atoms with Gasteiger partial charge >= 0.3 is 0 Å². The van der Waals surface area contributed by atoms with Crippen molar-refractivity contribution in [2.75, 3.05) is 32.1 Å². The molecule has 0 radical (unpaired) electrons. The van der Waals surface area contributed by atoms with Crippen LogP contribution in [0.15, 0.2) is 29.4 Å². The van der Waals surface area contributed by atoms with Gasteiger partial charge in [-0.25, -0.2) is 4.99 Å². The smallest absolute Gasteiger partial charge is 0.191 e. The van der Waals surface area contributed by atoms with Gasteiger partial charge in [-0.15, -0.1) is 34.2 Å². The average molecular weight is 504 g/mol. The number of ether oxygens (including phenoxy) is 1. The maximum atomic E-state index is 5.56. The fourth-order valence-electron chi connectivity index (χ4n) is 3.16. The number of thioether (sulfide) groups is 1. The lowest BCUT2D eigenvalue weighted by Crippen LogP contribution is -2.48. The van der Waals surface area contributed by atoms with E-state index in [1.54, 1.807) is 0 Å². The maximum absolute atomic E-state index is 5.56. The molecule has 0 atom stereocenters. The van der Waals surface area contributed by atoms with E-state index in [0.717, 1.165) is 62.3 Å². The molecule has 0 amide bonds. The molecule has 0 spiro atoms. The van der Waals surface area contributed by atoms with Crippen LogP contribution >= 0.6 is 35.7 Å². The highest BCUT2D eigenvalue weighted by molar-refractivity contribution is 14.0. The molecular formula is C18H29IN6OS. The van der Waals surface area contributed by atoms with Crippen molar-refractivity contribution in [1.82, 2.24) is 25.2 Å². The first kappa shape index (κ1) is 22.2. The highest BCUT2D eigenvalue weighted by Gasteiger charge is 2.32. The van der Waals surface area contributed by atoms with Crippen molar-refractivity contribution in [3.8, 4) is 0 Å². The molecule has 3 heterocycles. The van der Waals surface area contributed by atoms with Gasteiger partial charge < -0.3 is 15.4 Å². The minimum Gasteiger partial charge on any atom is -0.381 e. The van der Waals surface area contributed by atoms with Crippen LogP contribution in [-0.4, -0.2) is 57.4 Å². The quantitative estimate of drug-likeness (QED) is 0.343. The van der Waals surface area contributed by atoms with Crippen LogP contribution in [0.5, 0.6) is 0 Å². The van der Waals surface area contributed by atoms with E-state index in [2.05, 4.69) is 34.7 Å². The number of aliphatic imine (C=N–C) groups is 1. The largest absolute Gasteiger partial charge is 0.381 e. The molecule has 1 saturated heterocycles. The topological polar surface area (TPSA) is 75.8 Å². The summed E-state index contributed by atoms with van der Waals surface area (Å²) in [5.41, 5.74) is 0.844. The van der Waals surface area contributed by atoms with E-state index in [0.29, 0.717) is 6.54 Å². The van der Waals surface area contributed by atoms with Crippen LogP contribution < -0.4 is 10.6 Å². The fraction of sp³-hybridized carbons (Fsp3) is 0.611. The molecule has 150 valence electrons. The Morgan fingerprint density at radius 2 is 2.07 bits per heavy atom. The van der Waals surface area contributed by atoms with Gasteiger partial charge in [0.2, 0.25) is 0 Å². The third-order valence-corrected chi connectivity index (χ3v) is 5.99. The van der Waals surface area contributed by atoms with Crippen LogP contribution in [-0.2, 0) is 11.3 Å². The van der Waals surface area contributed by atoms with Crippen molar-refractivity contribution >= 4 is 47.3 Å². The van der Waals surface area contributed by atoms with Crippen molar-refractivity contribution in [1.29, 1.82) is 0 Å². The highest BCUT2D eigenvalue weighted by Crippen LogP contribution is 2.34. The average Bonchev–Trinajstić information content (AvgIpc) is 3.08. The summed E-state index contributed by atoms with van der Waals surface area (Å²) in [7, 11) is 0. The van der Waals surface area contributed by atoms with Crippen LogP contribution in [0.2, 0.25) is 0 Å². The molecule has 0 aliphatic carbocycles. The standard InChI is InChI=1S/C18H28N6OS.HI/c1-3-19-17(21-14-18(26-4-2)8-11-25-12-9-18)20-13-16-23-22-15-7-5-6-10-24(15)16;/h5-7,10H,3-4,8-9,11-14H2,1-2H3,(H2,19,20,21);1H. The van der Waals surface area contributed by atoms with Gasteiger partial charge in [-0.05, 0) is 37.7 Å². The molecule has 0 unspecified atom stereocenters. The number of guanidine groups is 1. The van der Waals surface area contributed by atoms with Gasteiger partial charge in [0.25, 0.3) is 0 Å². The normalized spacial score (nSPS) is 16.7. The van der Waals surface area contributed by atoms with Crippen molar-refractivity contribution < 1.29 is 4.74 Å². The predicted octanol–water partition coefficient (Wildman–Crippen LogP) is 2.70. The molecule has 27 heavy (non-hydrogen) atoms. The number of hydrogen-bond acceptors (Lipinski definition) is 5. The van der Waals surface area contributed by atoms with Gasteiger partial charge in [-0.3, -0.25) is 4.40 Å². The summed E-state index contributed by atoms with van der Waals surface area (Å²) < 4.78 is 7.76. The third kappa shape index (κ3) is 5.95. The molecule has 1 fully saturated rings. The Labute approximate surface area is 182 Å². The van der Waals surface area contributed by atoms with Gasteiger partial charge in [0.15, 0.2) is 17.4 Å². The van der Waals surface area contributed by atoms with Crippen molar-refractivity contribution in [2.24, 2.45) is 4.99 Å². The van der Waals surface area contributed by atoms with Crippen LogP contribution in [0.4, 0.5) is 0 Å². The third-order valence-electron chi connectivity index (χ3n) is 4.54. The first-order valence-corrected chi connectivity index (χ1v) is 10.3. The number of pyridine rings is 1. The molecule has 0 aromatic carbocycles. The summed E-state index contributed by atoms with van der Waals surface area (Å²) in [6.45, 7) is 8.18. The second kappa shape index (κ2) is 11.1. The Morgan fingerprint density at radius 3 is 2.81 bits per heavy atom. The first-order valence-electron chi connectivity index (χ1n) is 9.29. The molecule has 2 aromatic heterocycles. The number of nitrogens with one attached hydrogen (secondary N) is 2. The van der Waals surface area contributed by atoms with E-state index in [9.17, 15) is 0 Å². The minimum absolute atomic E-state index is 0. The molecule has 2 N–H and O–H groups in total.